The van der Waals surface area contributed by atoms with Crippen molar-refractivity contribution in [3.63, 3.8) is 0 Å². The van der Waals surface area contributed by atoms with Crippen LogP contribution in [0.15, 0.2) is 30.3 Å². The first-order valence-electron chi connectivity index (χ1n) is 8.42. The zero-order valence-electron chi connectivity index (χ0n) is 13.2. The van der Waals surface area contributed by atoms with Crippen LogP contribution in [0.2, 0.25) is 0 Å². The number of anilines is 1. The van der Waals surface area contributed by atoms with Gasteiger partial charge in [-0.25, -0.2) is 0 Å². The Labute approximate surface area is 136 Å². The summed E-state index contributed by atoms with van der Waals surface area (Å²) in [5, 5.41) is 0. The smallest absolute Gasteiger partial charge is 0.306 e. The average molecular weight is 314 g/mol. The van der Waals surface area contributed by atoms with Gasteiger partial charge in [-0.1, -0.05) is 18.2 Å². The maximum absolute atomic E-state index is 12.4. The molecule has 0 N–H and O–H groups in total. The van der Waals surface area contributed by atoms with Crippen LogP contribution in [0.1, 0.15) is 12.8 Å². The Morgan fingerprint density at radius 1 is 1.09 bits per heavy atom. The maximum Gasteiger partial charge on any atom is 0.306 e. The molecule has 0 bridgehead atoms. The number of rotatable bonds is 3. The summed E-state index contributed by atoms with van der Waals surface area (Å²) in [7, 11) is 0. The number of carbonyl (C=O) groups is 2. The first-order chi connectivity index (χ1) is 11.2. The fraction of sp³-hybridized carbons (Fsp3) is 0.556. The summed E-state index contributed by atoms with van der Waals surface area (Å²) in [5.74, 6) is 1.24. The number of carbonyl (C=O) groups excluding carboxylic acids is 2. The zero-order valence-corrected chi connectivity index (χ0v) is 13.2. The number of fused-ring (bicyclic) bond motifs is 1. The second-order valence-electron chi connectivity index (χ2n) is 7.02. The third-order valence-electron chi connectivity index (χ3n) is 5.36. The molecule has 5 nitrogen and oxygen atoms in total. The van der Waals surface area contributed by atoms with Gasteiger partial charge in [-0.15, -0.1) is 0 Å². The van der Waals surface area contributed by atoms with Crippen LogP contribution in [-0.2, 0) is 14.3 Å². The van der Waals surface area contributed by atoms with Crippen molar-refractivity contribution in [1.82, 2.24) is 4.90 Å². The van der Waals surface area contributed by atoms with Gasteiger partial charge in [0.2, 0.25) is 5.91 Å². The van der Waals surface area contributed by atoms with Crippen molar-refractivity contribution in [3.8, 4) is 0 Å². The molecule has 3 heterocycles. The van der Waals surface area contributed by atoms with Crippen molar-refractivity contribution in [2.24, 2.45) is 17.8 Å². The van der Waals surface area contributed by atoms with Crippen molar-refractivity contribution in [1.29, 1.82) is 0 Å². The van der Waals surface area contributed by atoms with Crippen LogP contribution in [0.4, 0.5) is 5.69 Å². The van der Waals surface area contributed by atoms with Crippen molar-refractivity contribution in [2.75, 3.05) is 37.7 Å². The fourth-order valence-electron chi connectivity index (χ4n) is 4.12. The van der Waals surface area contributed by atoms with E-state index in [9.17, 15) is 9.59 Å². The molecule has 3 atom stereocenters. The Morgan fingerprint density at radius 2 is 1.78 bits per heavy atom. The summed E-state index contributed by atoms with van der Waals surface area (Å²) in [6.07, 6.45) is 0.849. The molecule has 0 aliphatic carbocycles. The number of benzene rings is 1. The number of nitrogens with zero attached hydrogens (tertiary/aromatic N) is 2. The summed E-state index contributed by atoms with van der Waals surface area (Å²) in [5.41, 5.74) is 1.28. The van der Waals surface area contributed by atoms with E-state index >= 15 is 0 Å². The number of ether oxygens (including phenoxy) is 1. The zero-order chi connectivity index (χ0) is 15.8. The minimum Gasteiger partial charge on any atom is -0.465 e. The van der Waals surface area contributed by atoms with Crippen molar-refractivity contribution in [2.45, 2.75) is 12.8 Å². The Bertz CT molecular complexity index is 590. The molecule has 1 aromatic rings. The third kappa shape index (κ3) is 2.92. The molecule has 0 aromatic heterocycles. The number of amides is 1. The molecule has 3 aliphatic rings. The van der Waals surface area contributed by atoms with Crippen LogP contribution in [-0.4, -0.2) is 49.6 Å². The summed E-state index contributed by atoms with van der Waals surface area (Å²) < 4.78 is 4.95. The summed E-state index contributed by atoms with van der Waals surface area (Å²) in [6.45, 7) is 4.18. The molecule has 5 heteroatoms. The van der Waals surface area contributed by atoms with Crippen LogP contribution in [0.5, 0.6) is 0 Å². The summed E-state index contributed by atoms with van der Waals surface area (Å²) >= 11 is 0. The highest BCUT2D eigenvalue weighted by Crippen LogP contribution is 2.34. The molecule has 3 aliphatic heterocycles. The molecule has 0 saturated carbocycles. The molecular formula is C18H22N2O3. The molecule has 122 valence electrons. The second-order valence-corrected chi connectivity index (χ2v) is 7.02. The third-order valence-corrected chi connectivity index (χ3v) is 5.36. The highest BCUT2D eigenvalue weighted by molar-refractivity contribution is 5.79. The second kappa shape index (κ2) is 5.87. The van der Waals surface area contributed by atoms with Gasteiger partial charge < -0.3 is 14.5 Å². The Balaban J connectivity index is 1.31. The fourth-order valence-corrected chi connectivity index (χ4v) is 4.12. The van der Waals surface area contributed by atoms with Gasteiger partial charge in [0.05, 0.1) is 13.0 Å². The van der Waals surface area contributed by atoms with Gasteiger partial charge in [0.1, 0.15) is 0 Å². The maximum atomic E-state index is 12.4. The molecule has 3 saturated heterocycles. The molecule has 3 fully saturated rings. The van der Waals surface area contributed by atoms with Gasteiger partial charge in [0.15, 0.2) is 0 Å². The first kappa shape index (κ1) is 14.5. The van der Waals surface area contributed by atoms with Gasteiger partial charge in [0.25, 0.3) is 0 Å². The summed E-state index contributed by atoms with van der Waals surface area (Å²) in [6, 6.07) is 10.5. The normalized spacial score (nSPS) is 29.7. The van der Waals surface area contributed by atoms with Gasteiger partial charge in [0, 0.05) is 56.0 Å². The van der Waals surface area contributed by atoms with Crippen LogP contribution < -0.4 is 4.90 Å². The van der Waals surface area contributed by atoms with Crippen molar-refractivity contribution < 1.29 is 14.3 Å². The number of esters is 1. The number of hydrogen-bond donors (Lipinski definition) is 0. The van der Waals surface area contributed by atoms with E-state index in [1.165, 1.54) is 5.69 Å². The van der Waals surface area contributed by atoms with Crippen LogP contribution in [0.3, 0.4) is 0 Å². The first-order valence-corrected chi connectivity index (χ1v) is 8.42. The molecule has 4 rings (SSSR count). The van der Waals surface area contributed by atoms with Gasteiger partial charge in [-0.05, 0) is 12.1 Å². The highest BCUT2D eigenvalue weighted by Gasteiger charge is 2.42. The molecule has 1 amide bonds. The van der Waals surface area contributed by atoms with E-state index in [1.807, 2.05) is 11.0 Å². The quantitative estimate of drug-likeness (QED) is 0.794. The SMILES string of the molecule is O=C1C[C@H](CC(=O)N2C[C@@H]3CN(c4ccccc4)C[C@@H]3C2)CO1. The van der Waals surface area contributed by atoms with Gasteiger partial charge in [-0.3, -0.25) is 9.59 Å². The number of cyclic esters (lactones) is 1. The van der Waals surface area contributed by atoms with E-state index in [2.05, 4.69) is 29.2 Å². The Kier molecular flexibility index (Phi) is 3.71. The van der Waals surface area contributed by atoms with Crippen molar-refractivity contribution in [3.05, 3.63) is 30.3 Å². The van der Waals surface area contributed by atoms with E-state index in [4.69, 9.17) is 4.74 Å². The highest BCUT2D eigenvalue weighted by atomic mass is 16.5. The number of para-hydroxylation sites is 1. The van der Waals surface area contributed by atoms with E-state index < -0.39 is 0 Å². The van der Waals surface area contributed by atoms with E-state index in [0.717, 1.165) is 26.2 Å². The molecule has 23 heavy (non-hydrogen) atoms. The molecule has 0 spiro atoms. The summed E-state index contributed by atoms with van der Waals surface area (Å²) in [4.78, 5) is 28.0. The average Bonchev–Trinajstić information content (AvgIpc) is 3.22. The lowest BCUT2D eigenvalue weighted by atomic mass is 10.0. The van der Waals surface area contributed by atoms with Gasteiger partial charge >= 0.3 is 5.97 Å². The van der Waals surface area contributed by atoms with E-state index in [-0.39, 0.29) is 17.8 Å². The largest absolute Gasteiger partial charge is 0.465 e. The lowest BCUT2D eigenvalue weighted by molar-refractivity contribution is -0.138. The van der Waals surface area contributed by atoms with Crippen LogP contribution in [0.25, 0.3) is 0 Å². The number of hydrogen-bond acceptors (Lipinski definition) is 4. The predicted molar refractivity (Wildman–Crippen MR) is 85.9 cm³/mol. The van der Waals surface area contributed by atoms with Crippen molar-refractivity contribution >= 4 is 17.6 Å². The van der Waals surface area contributed by atoms with Gasteiger partial charge in [-0.2, -0.15) is 0 Å². The van der Waals surface area contributed by atoms with E-state index in [0.29, 0.717) is 31.3 Å². The minimum atomic E-state index is -0.167. The Morgan fingerprint density at radius 3 is 2.39 bits per heavy atom. The standard InChI is InChI=1S/C18H22N2O3/c21-17(6-13-7-18(22)23-12-13)20-10-14-8-19(9-15(14)11-20)16-4-2-1-3-5-16/h1-5,13-15H,6-12H2/t13-,14-,15+/m0/s1. The molecule has 1 aromatic carbocycles. The van der Waals surface area contributed by atoms with E-state index in [1.54, 1.807) is 0 Å². The molecular weight excluding hydrogens is 292 g/mol. The monoisotopic (exact) mass is 314 g/mol. The Hall–Kier alpha value is -2.04. The topological polar surface area (TPSA) is 49.9 Å². The lowest BCUT2D eigenvalue weighted by Gasteiger charge is -2.23. The lowest BCUT2D eigenvalue weighted by Crippen LogP contribution is -2.34. The van der Waals surface area contributed by atoms with Crippen LogP contribution >= 0.6 is 0 Å². The van der Waals surface area contributed by atoms with Crippen LogP contribution in [0, 0.1) is 17.8 Å². The number of likely N-dealkylation sites (tertiary alicyclic amines) is 1. The minimum absolute atomic E-state index is 0.0799. The predicted octanol–water partition coefficient (Wildman–Crippen LogP) is 1.53. The molecule has 0 unspecified atom stereocenters. The molecule has 0 radical (unpaired) electrons.